The number of hydrogen-bond acceptors (Lipinski definition) is 2. The van der Waals surface area contributed by atoms with Gasteiger partial charge >= 0.3 is 96.6 Å². The molecule has 0 saturated carbocycles. The maximum absolute atomic E-state index is 11.7. The van der Waals surface area contributed by atoms with Gasteiger partial charge in [-0.15, -0.1) is 0 Å². The van der Waals surface area contributed by atoms with Crippen LogP contribution in [0.4, 0.5) is 0 Å². The Bertz CT molecular complexity index is 448. The summed E-state index contributed by atoms with van der Waals surface area (Å²) in [6, 6.07) is 0. The molecule has 1 aromatic heterocycles. The van der Waals surface area contributed by atoms with E-state index in [2.05, 4.69) is 6.92 Å². The third-order valence-corrected chi connectivity index (χ3v) is 3.09. The van der Waals surface area contributed by atoms with E-state index in [4.69, 9.17) is 0 Å². The first-order chi connectivity index (χ1) is 7.07. The van der Waals surface area contributed by atoms with Crippen molar-refractivity contribution < 1.29 is 0 Å². The van der Waals surface area contributed by atoms with Gasteiger partial charge in [0.25, 0.3) is 0 Å². The van der Waals surface area contributed by atoms with Crippen molar-refractivity contribution in [2.75, 3.05) is 0 Å². The molecule has 0 amide bonds. The third kappa shape index (κ3) is 2.83. The van der Waals surface area contributed by atoms with Crippen molar-refractivity contribution >= 4 is 16.2 Å². The molecule has 0 saturated heterocycles. The van der Waals surface area contributed by atoms with Crippen LogP contribution in [0.5, 0.6) is 0 Å². The standard InChI is InChI=1S/C10H16N2O2Se/c1-3-4-5-6-8-7-11(2)10(14)12(15)9(8)13/h7,15H,3-6H2,1-2H3. The molecule has 0 bridgehead atoms. The van der Waals surface area contributed by atoms with E-state index >= 15 is 0 Å². The second-order valence-corrected chi connectivity index (χ2v) is 4.46. The van der Waals surface area contributed by atoms with Gasteiger partial charge in [0.2, 0.25) is 0 Å². The Kier molecular flexibility index (Phi) is 4.36. The van der Waals surface area contributed by atoms with E-state index in [0.29, 0.717) is 5.56 Å². The summed E-state index contributed by atoms with van der Waals surface area (Å²) in [6.45, 7) is 2.12. The molecule has 84 valence electrons. The molecule has 1 rings (SSSR count). The van der Waals surface area contributed by atoms with Crippen molar-refractivity contribution in [3.8, 4) is 0 Å². The molecule has 0 unspecified atom stereocenters. The molecule has 1 aromatic rings. The zero-order valence-electron chi connectivity index (χ0n) is 9.06. The predicted molar refractivity (Wildman–Crippen MR) is 61.7 cm³/mol. The van der Waals surface area contributed by atoms with Crippen molar-refractivity contribution in [3.05, 3.63) is 32.6 Å². The fourth-order valence-corrected chi connectivity index (χ4v) is 2.02. The Hall–Kier alpha value is -0.801. The van der Waals surface area contributed by atoms with Crippen molar-refractivity contribution in [1.82, 2.24) is 8.15 Å². The second-order valence-electron chi connectivity index (χ2n) is 3.62. The van der Waals surface area contributed by atoms with Gasteiger partial charge in [-0.3, -0.25) is 0 Å². The SMILES string of the molecule is CCCCCc1cn(C)c(=O)n([SeH])c1=O. The molecule has 0 fully saturated rings. The summed E-state index contributed by atoms with van der Waals surface area (Å²) in [5.41, 5.74) is 0.236. The average molecular weight is 275 g/mol. The molecule has 0 spiro atoms. The Morgan fingerprint density at radius 2 is 2.00 bits per heavy atom. The second kappa shape index (κ2) is 5.33. The van der Waals surface area contributed by atoms with Gasteiger partial charge in [-0.2, -0.15) is 0 Å². The first kappa shape index (κ1) is 12.3. The van der Waals surface area contributed by atoms with Crippen LogP contribution in [0.2, 0.25) is 0 Å². The Morgan fingerprint density at radius 1 is 1.33 bits per heavy atom. The number of aryl methyl sites for hydroxylation is 2. The number of hydrogen-bond donors (Lipinski definition) is 0. The van der Waals surface area contributed by atoms with Crippen molar-refractivity contribution in [1.29, 1.82) is 0 Å². The molecule has 0 radical (unpaired) electrons. The van der Waals surface area contributed by atoms with Crippen LogP contribution in [-0.2, 0) is 13.5 Å². The van der Waals surface area contributed by atoms with Gasteiger partial charge in [-0.05, 0) is 0 Å². The third-order valence-electron chi connectivity index (χ3n) is 2.35. The summed E-state index contributed by atoms with van der Waals surface area (Å²) in [5.74, 6) is 0. The van der Waals surface area contributed by atoms with Gasteiger partial charge in [0, 0.05) is 0 Å². The number of aromatic nitrogens is 2. The molecule has 1 heterocycles. The van der Waals surface area contributed by atoms with Crippen LogP contribution in [0.25, 0.3) is 0 Å². The molecule has 0 N–H and O–H groups in total. The molecule has 0 aliphatic carbocycles. The van der Waals surface area contributed by atoms with Gasteiger partial charge in [0.05, 0.1) is 0 Å². The van der Waals surface area contributed by atoms with Crippen LogP contribution >= 0.6 is 0 Å². The fraction of sp³-hybridized carbons (Fsp3) is 0.600. The quantitative estimate of drug-likeness (QED) is 0.571. The molecule has 0 aliphatic rings. The van der Waals surface area contributed by atoms with E-state index in [-0.39, 0.29) is 11.2 Å². The molecule has 0 aliphatic heterocycles. The van der Waals surface area contributed by atoms with Crippen LogP contribution in [0.3, 0.4) is 0 Å². The zero-order chi connectivity index (χ0) is 11.4. The number of unbranched alkanes of at least 4 members (excludes halogenated alkanes) is 2. The van der Waals surface area contributed by atoms with E-state index in [1.165, 1.54) is 4.57 Å². The summed E-state index contributed by atoms with van der Waals surface area (Å²) in [4.78, 5) is 23.1. The Balaban J connectivity index is 3.00. The first-order valence-corrected chi connectivity index (χ1v) is 5.92. The van der Waals surface area contributed by atoms with Crippen molar-refractivity contribution in [2.45, 2.75) is 32.6 Å². The monoisotopic (exact) mass is 276 g/mol. The minimum atomic E-state index is -0.292. The van der Waals surface area contributed by atoms with Gasteiger partial charge in [-0.25, -0.2) is 0 Å². The van der Waals surface area contributed by atoms with E-state index < -0.39 is 0 Å². The van der Waals surface area contributed by atoms with Crippen LogP contribution in [0.15, 0.2) is 15.8 Å². The molecule has 15 heavy (non-hydrogen) atoms. The van der Waals surface area contributed by atoms with Gasteiger partial charge in [0.15, 0.2) is 0 Å². The predicted octanol–water partition coefficient (Wildman–Crippen LogP) is -0.0564. The number of nitrogens with zero attached hydrogens (tertiary/aromatic N) is 2. The van der Waals surface area contributed by atoms with Gasteiger partial charge in [0.1, 0.15) is 0 Å². The van der Waals surface area contributed by atoms with Crippen LogP contribution in [-0.4, -0.2) is 24.4 Å². The molecular weight excluding hydrogens is 259 g/mol. The maximum atomic E-state index is 11.7. The fourth-order valence-electron chi connectivity index (χ4n) is 1.45. The van der Waals surface area contributed by atoms with E-state index in [1.807, 2.05) is 16.2 Å². The Morgan fingerprint density at radius 3 is 2.60 bits per heavy atom. The van der Waals surface area contributed by atoms with Crippen molar-refractivity contribution in [3.63, 3.8) is 0 Å². The van der Waals surface area contributed by atoms with Crippen LogP contribution in [0.1, 0.15) is 31.7 Å². The normalized spacial score (nSPS) is 10.6. The Labute approximate surface area is 97.0 Å². The summed E-state index contributed by atoms with van der Waals surface area (Å²) in [7, 11) is 1.66. The topological polar surface area (TPSA) is 44.0 Å². The number of rotatable bonds is 4. The van der Waals surface area contributed by atoms with Crippen LogP contribution in [0, 0.1) is 0 Å². The molecular formula is C10H16N2O2Se. The summed E-state index contributed by atoms with van der Waals surface area (Å²) < 4.78 is 2.55. The molecule has 5 heteroatoms. The van der Waals surface area contributed by atoms with Crippen LogP contribution < -0.4 is 11.2 Å². The first-order valence-electron chi connectivity index (χ1n) is 5.08. The van der Waals surface area contributed by atoms with E-state index in [0.717, 1.165) is 29.3 Å². The summed E-state index contributed by atoms with van der Waals surface area (Å²) >= 11 is 2.00. The zero-order valence-corrected chi connectivity index (χ0v) is 10.9. The average Bonchev–Trinajstić information content (AvgIpc) is 2.23. The summed E-state index contributed by atoms with van der Waals surface area (Å²) in [5, 5.41) is 0. The van der Waals surface area contributed by atoms with E-state index in [9.17, 15) is 9.59 Å². The minimum absolute atomic E-state index is 0.186. The molecule has 0 aromatic carbocycles. The van der Waals surface area contributed by atoms with Gasteiger partial charge < -0.3 is 0 Å². The molecule has 4 nitrogen and oxygen atoms in total. The molecule has 0 atom stereocenters. The van der Waals surface area contributed by atoms with E-state index in [1.54, 1.807) is 13.2 Å². The summed E-state index contributed by atoms with van der Waals surface area (Å²) in [6.07, 6.45) is 5.63. The van der Waals surface area contributed by atoms with Gasteiger partial charge in [-0.1, -0.05) is 0 Å². The van der Waals surface area contributed by atoms with Crippen molar-refractivity contribution in [2.24, 2.45) is 7.05 Å².